The summed E-state index contributed by atoms with van der Waals surface area (Å²) >= 11 is 5.96. The van der Waals surface area contributed by atoms with Crippen molar-refractivity contribution in [1.82, 2.24) is 4.57 Å². The van der Waals surface area contributed by atoms with E-state index in [-0.39, 0.29) is 34.0 Å². The van der Waals surface area contributed by atoms with Crippen molar-refractivity contribution in [2.45, 2.75) is 24.5 Å². The zero-order chi connectivity index (χ0) is 23.0. The van der Waals surface area contributed by atoms with Crippen LogP contribution >= 0.6 is 11.6 Å². The number of methoxy groups -OCH3 is 1. The van der Waals surface area contributed by atoms with Crippen LogP contribution in [0.4, 0.5) is 21.6 Å². The molecular formula is C23H23ClFN3O3S. The fourth-order valence-corrected chi connectivity index (χ4v) is 5.09. The van der Waals surface area contributed by atoms with Crippen molar-refractivity contribution in [3.05, 3.63) is 80.9 Å². The summed E-state index contributed by atoms with van der Waals surface area (Å²) in [7, 11) is 1.51. The lowest BCUT2D eigenvalue weighted by atomic mass is 10.1. The van der Waals surface area contributed by atoms with Gasteiger partial charge >= 0.3 is 0 Å². The Morgan fingerprint density at radius 1 is 1.19 bits per heavy atom. The van der Waals surface area contributed by atoms with Crippen molar-refractivity contribution in [1.29, 1.82) is 0 Å². The summed E-state index contributed by atoms with van der Waals surface area (Å²) in [5, 5.41) is 3.50. The number of hydrogen-bond donors (Lipinski definition) is 2. The van der Waals surface area contributed by atoms with Crippen molar-refractivity contribution in [2.24, 2.45) is 7.05 Å². The highest BCUT2D eigenvalue weighted by molar-refractivity contribution is 7.87. The van der Waals surface area contributed by atoms with Gasteiger partial charge in [-0.15, -0.1) is 0 Å². The molecule has 1 fully saturated rings. The Kier molecular flexibility index (Phi) is 6.26. The van der Waals surface area contributed by atoms with Gasteiger partial charge in [0, 0.05) is 24.1 Å². The van der Waals surface area contributed by atoms with Crippen LogP contribution in [-0.2, 0) is 18.0 Å². The van der Waals surface area contributed by atoms with E-state index in [2.05, 4.69) is 10.0 Å². The molecule has 32 heavy (non-hydrogen) atoms. The van der Waals surface area contributed by atoms with Crippen LogP contribution in [0.5, 0.6) is 5.75 Å². The molecule has 168 valence electrons. The lowest BCUT2D eigenvalue weighted by Gasteiger charge is -2.19. The molecule has 3 aromatic rings. The molecule has 9 heteroatoms. The van der Waals surface area contributed by atoms with Gasteiger partial charge in [0.15, 0.2) is 5.75 Å². The average Bonchev–Trinajstić information content (AvgIpc) is 3.56. The molecular weight excluding hydrogens is 453 g/mol. The number of ether oxygens (including phenoxy) is 1. The molecule has 0 bridgehead atoms. The quantitative estimate of drug-likeness (QED) is 0.511. The molecule has 1 heterocycles. The smallest absolute Gasteiger partial charge is 0.255 e. The summed E-state index contributed by atoms with van der Waals surface area (Å²) in [5.74, 6) is 0.164. The van der Waals surface area contributed by atoms with Crippen LogP contribution in [0.25, 0.3) is 0 Å². The monoisotopic (exact) mass is 475 g/mol. The Morgan fingerprint density at radius 2 is 1.91 bits per heavy atom. The van der Waals surface area contributed by atoms with E-state index in [0.717, 1.165) is 17.5 Å². The number of benzene rings is 2. The van der Waals surface area contributed by atoms with Gasteiger partial charge in [-0.3, -0.25) is 14.1 Å². The minimum atomic E-state index is -1.46. The molecule has 1 saturated carbocycles. The Morgan fingerprint density at radius 3 is 2.56 bits per heavy atom. The van der Waals surface area contributed by atoms with E-state index in [1.807, 2.05) is 24.3 Å². The Bertz CT molecular complexity index is 1250. The SMILES string of the molecule is COc1cc(=O)n(C)c(Nc2ccc(C)cc2F)c1NS(=O)C1CC1c1ccc(Cl)cc1. The van der Waals surface area contributed by atoms with Gasteiger partial charge in [0.25, 0.3) is 5.56 Å². The molecule has 0 amide bonds. The first-order valence-corrected chi connectivity index (χ1v) is 11.6. The van der Waals surface area contributed by atoms with E-state index in [4.69, 9.17) is 16.3 Å². The molecule has 1 aliphatic carbocycles. The van der Waals surface area contributed by atoms with Gasteiger partial charge in [-0.05, 0) is 48.7 Å². The van der Waals surface area contributed by atoms with E-state index >= 15 is 0 Å². The van der Waals surface area contributed by atoms with Crippen molar-refractivity contribution >= 4 is 39.8 Å². The third-order valence-corrected chi connectivity index (χ3v) is 7.24. The maximum absolute atomic E-state index is 14.5. The van der Waals surface area contributed by atoms with Crippen LogP contribution in [0.15, 0.2) is 53.3 Å². The summed E-state index contributed by atoms with van der Waals surface area (Å²) in [6.45, 7) is 1.79. The molecule has 6 nitrogen and oxygen atoms in total. The Labute approximate surface area is 193 Å². The number of hydrogen-bond acceptors (Lipinski definition) is 4. The number of aromatic nitrogens is 1. The summed E-state index contributed by atoms with van der Waals surface area (Å²) in [5.41, 5.74) is 2.02. The zero-order valence-electron chi connectivity index (χ0n) is 17.8. The van der Waals surface area contributed by atoms with E-state index < -0.39 is 16.8 Å². The molecule has 1 aromatic heterocycles. The highest BCUT2D eigenvalue weighted by atomic mass is 35.5. The summed E-state index contributed by atoms with van der Waals surface area (Å²) in [6, 6.07) is 13.6. The molecule has 2 aromatic carbocycles. The third kappa shape index (κ3) is 4.52. The molecule has 1 aliphatic rings. The Balaban J connectivity index is 1.64. The van der Waals surface area contributed by atoms with Gasteiger partial charge in [-0.2, -0.15) is 0 Å². The topological polar surface area (TPSA) is 72.4 Å². The van der Waals surface area contributed by atoms with Gasteiger partial charge in [-0.25, -0.2) is 8.60 Å². The lowest BCUT2D eigenvalue weighted by molar-refractivity contribution is 0.415. The molecule has 0 spiro atoms. The van der Waals surface area contributed by atoms with Crippen LogP contribution in [0, 0.1) is 12.7 Å². The van der Waals surface area contributed by atoms with Gasteiger partial charge in [0.05, 0.1) is 18.0 Å². The van der Waals surface area contributed by atoms with Crippen LogP contribution in [-0.4, -0.2) is 21.1 Å². The standard InChI is InChI=1S/C23H23ClFN3O3S/c1-13-4-9-18(17(25)10-13)26-23-22(19(31-3)12-21(29)28(23)2)27-32(30)20-11-16(20)14-5-7-15(24)8-6-14/h4-10,12,16,20,26-27H,11H2,1-3H3. The van der Waals surface area contributed by atoms with Crippen LogP contribution in [0.2, 0.25) is 5.02 Å². The van der Waals surface area contributed by atoms with E-state index in [0.29, 0.717) is 10.7 Å². The minimum absolute atomic E-state index is 0.109. The number of pyridine rings is 1. The normalized spacial score (nSPS) is 18.2. The third-order valence-electron chi connectivity index (χ3n) is 5.51. The van der Waals surface area contributed by atoms with Crippen LogP contribution in [0.3, 0.4) is 0 Å². The predicted molar refractivity (Wildman–Crippen MR) is 127 cm³/mol. The van der Waals surface area contributed by atoms with Crippen molar-refractivity contribution in [3.8, 4) is 5.75 Å². The van der Waals surface area contributed by atoms with E-state index in [1.54, 1.807) is 26.1 Å². The second kappa shape index (κ2) is 8.96. The van der Waals surface area contributed by atoms with E-state index in [1.165, 1.54) is 23.8 Å². The molecule has 4 rings (SSSR count). The van der Waals surface area contributed by atoms with Gasteiger partial charge < -0.3 is 10.1 Å². The summed E-state index contributed by atoms with van der Waals surface area (Å²) in [4.78, 5) is 12.4. The molecule has 3 atom stereocenters. The zero-order valence-corrected chi connectivity index (χ0v) is 19.4. The van der Waals surface area contributed by atoms with Gasteiger partial charge in [0.1, 0.15) is 28.3 Å². The number of aryl methyl sites for hydroxylation is 1. The van der Waals surface area contributed by atoms with Gasteiger partial charge in [0.2, 0.25) is 0 Å². The Hall–Kier alpha value is -2.84. The van der Waals surface area contributed by atoms with Crippen LogP contribution < -0.4 is 20.3 Å². The first-order valence-electron chi connectivity index (χ1n) is 10.0. The number of anilines is 3. The summed E-state index contributed by atoms with van der Waals surface area (Å²) in [6.07, 6.45) is 0.755. The molecule has 3 unspecified atom stereocenters. The van der Waals surface area contributed by atoms with Gasteiger partial charge in [-0.1, -0.05) is 29.8 Å². The number of nitrogens with one attached hydrogen (secondary N) is 2. The van der Waals surface area contributed by atoms with Crippen molar-refractivity contribution < 1.29 is 13.3 Å². The van der Waals surface area contributed by atoms with Crippen molar-refractivity contribution in [2.75, 3.05) is 17.1 Å². The maximum atomic E-state index is 14.5. The van der Waals surface area contributed by atoms with E-state index in [9.17, 15) is 13.4 Å². The van der Waals surface area contributed by atoms with Crippen LogP contribution in [0.1, 0.15) is 23.5 Å². The highest BCUT2D eigenvalue weighted by Crippen LogP contribution is 2.46. The number of nitrogens with zero attached hydrogens (tertiary/aromatic N) is 1. The first-order chi connectivity index (χ1) is 15.3. The first kappa shape index (κ1) is 22.4. The number of rotatable bonds is 7. The second-order valence-electron chi connectivity index (χ2n) is 7.77. The molecule has 0 radical (unpaired) electrons. The summed E-state index contributed by atoms with van der Waals surface area (Å²) < 4.78 is 37.3. The average molecular weight is 476 g/mol. The number of halogens is 2. The predicted octanol–water partition coefficient (Wildman–Crippen LogP) is 4.87. The molecule has 0 aliphatic heterocycles. The largest absolute Gasteiger partial charge is 0.494 e. The van der Waals surface area contributed by atoms with Crippen molar-refractivity contribution in [3.63, 3.8) is 0 Å². The molecule has 0 saturated heterocycles. The fraction of sp³-hybridized carbons (Fsp3) is 0.261. The lowest BCUT2D eigenvalue weighted by Crippen LogP contribution is -2.22. The highest BCUT2D eigenvalue weighted by Gasteiger charge is 2.43. The maximum Gasteiger partial charge on any atom is 0.255 e. The molecule has 2 N–H and O–H groups in total. The minimum Gasteiger partial charge on any atom is -0.494 e. The second-order valence-corrected chi connectivity index (χ2v) is 9.61. The fourth-order valence-electron chi connectivity index (χ4n) is 3.58.